The molecule has 0 fully saturated rings. The number of nitrogens with one attached hydrogen (secondary N) is 1. The van der Waals surface area contributed by atoms with E-state index in [2.05, 4.69) is 5.32 Å². The van der Waals surface area contributed by atoms with Gasteiger partial charge in [-0.3, -0.25) is 4.79 Å². The SMILES string of the molecule is Cc1ccc(C)c(NC(=O)C(OC(=O)c2ccc(Cl)cc2F)c2ccccc2)c1. The molecule has 0 aliphatic heterocycles. The highest BCUT2D eigenvalue weighted by Gasteiger charge is 2.27. The number of aryl methyl sites for hydroxylation is 2. The molecule has 0 radical (unpaired) electrons. The molecule has 0 aliphatic carbocycles. The molecular formula is C23H19ClFNO3. The first-order valence-corrected chi connectivity index (χ1v) is 9.32. The van der Waals surface area contributed by atoms with Crippen molar-refractivity contribution in [2.45, 2.75) is 20.0 Å². The summed E-state index contributed by atoms with van der Waals surface area (Å²) >= 11 is 5.74. The van der Waals surface area contributed by atoms with Crippen LogP contribution >= 0.6 is 11.6 Å². The number of carbonyl (C=O) groups excluding carboxylic acids is 2. The van der Waals surface area contributed by atoms with Gasteiger partial charge in [0.05, 0.1) is 5.56 Å². The third-order valence-electron chi connectivity index (χ3n) is 4.37. The molecule has 3 aromatic carbocycles. The molecule has 1 amide bonds. The van der Waals surface area contributed by atoms with Crippen molar-refractivity contribution in [3.63, 3.8) is 0 Å². The second-order valence-electron chi connectivity index (χ2n) is 6.63. The second-order valence-corrected chi connectivity index (χ2v) is 7.06. The molecule has 0 aromatic heterocycles. The molecule has 3 rings (SSSR count). The van der Waals surface area contributed by atoms with E-state index in [1.54, 1.807) is 30.3 Å². The number of anilines is 1. The van der Waals surface area contributed by atoms with Gasteiger partial charge in [0.15, 0.2) is 0 Å². The Labute approximate surface area is 173 Å². The summed E-state index contributed by atoms with van der Waals surface area (Å²) in [7, 11) is 0. The lowest BCUT2D eigenvalue weighted by Crippen LogP contribution is -2.26. The lowest BCUT2D eigenvalue weighted by molar-refractivity contribution is -0.125. The van der Waals surface area contributed by atoms with E-state index in [4.69, 9.17) is 16.3 Å². The predicted molar refractivity (Wildman–Crippen MR) is 111 cm³/mol. The van der Waals surface area contributed by atoms with Gasteiger partial charge in [0, 0.05) is 16.3 Å². The van der Waals surface area contributed by atoms with Gasteiger partial charge in [0.2, 0.25) is 6.10 Å². The first-order valence-electron chi connectivity index (χ1n) is 8.94. The number of benzene rings is 3. The second kappa shape index (κ2) is 8.88. The Morgan fingerprint density at radius 3 is 2.41 bits per heavy atom. The molecule has 29 heavy (non-hydrogen) atoms. The van der Waals surface area contributed by atoms with Crippen LogP contribution in [0, 0.1) is 19.7 Å². The van der Waals surface area contributed by atoms with Crippen molar-refractivity contribution in [2.24, 2.45) is 0 Å². The normalized spacial score (nSPS) is 11.6. The smallest absolute Gasteiger partial charge is 0.342 e. The molecule has 148 valence electrons. The minimum absolute atomic E-state index is 0.159. The van der Waals surface area contributed by atoms with Crippen LogP contribution in [0.4, 0.5) is 10.1 Å². The van der Waals surface area contributed by atoms with Crippen molar-refractivity contribution in [1.29, 1.82) is 0 Å². The van der Waals surface area contributed by atoms with Crippen LogP contribution in [0.2, 0.25) is 5.02 Å². The number of carbonyl (C=O) groups is 2. The zero-order valence-electron chi connectivity index (χ0n) is 15.9. The summed E-state index contributed by atoms with van der Waals surface area (Å²) in [6, 6.07) is 17.8. The first kappa shape index (κ1) is 20.6. The van der Waals surface area contributed by atoms with Crippen molar-refractivity contribution in [3.8, 4) is 0 Å². The Hall–Kier alpha value is -3.18. The van der Waals surface area contributed by atoms with E-state index in [0.29, 0.717) is 11.3 Å². The standard InChI is InChI=1S/C23H19ClFNO3/c1-14-8-9-15(2)20(12-14)26-22(27)21(16-6-4-3-5-7-16)29-23(28)18-11-10-17(24)13-19(18)25/h3-13,21H,1-2H3,(H,26,27). The molecule has 4 nitrogen and oxygen atoms in total. The van der Waals surface area contributed by atoms with Gasteiger partial charge < -0.3 is 10.1 Å². The van der Waals surface area contributed by atoms with Crippen molar-refractivity contribution in [2.75, 3.05) is 5.32 Å². The molecule has 0 heterocycles. The molecule has 6 heteroatoms. The van der Waals surface area contributed by atoms with Gasteiger partial charge in [-0.2, -0.15) is 0 Å². The fraction of sp³-hybridized carbons (Fsp3) is 0.130. The molecule has 1 atom stereocenters. The zero-order chi connectivity index (χ0) is 21.0. The lowest BCUT2D eigenvalue weighted by Gasteiger charge is -2.19. The number of amides is 1. The topological polar surface area (TPSA) is 55.4 Å². The maximum atomic E-state index is 14.1. The van der Waals surface area contributed by atoms with Crippen molar-refractivity contribution in [1.82, 2.24) is 0 Å². The lowest BCUT2D eigenvalue weighted by atomic mass is 10.1. The molecule has 0 spiro atoms. The highest BCUT2D eigenvalue weighted by Crippen LogP contribution is 2.25. The molecule has 0 saturated carbocycles. The average Bonchev–Trinajstić information content (AvgIpc) is 2.69. The summed E-state index contributed by atoms with van der Waals surface area (Å²) in [5.41, 5.74) is 2.63. The summed E-state index contributed by atoms with van der Waals surface area (Å²) in [4.78, 5) is 25.5. The Morgan fingerprint density at radius 2 is 1.72 bits per heavy atom. The van der Waals surface area contributed by atoms with Gasteiger partial charge in [0.25, 0.3) is 5.91 Å². The van der Waals surface area contributed by atoms with E-state index in [-0.39, 0.29) is 10.6 Å². The van der Waals surface area contributed by atoms with Crippen LogP contribution in [0.25, 0.3) is 0 Å². The number of hydrogen-bond acceptors (Lipinski definition) is 3. The fourth-order valence-corrected chi connectivity index (χ4v) is 2.95. The van der Waals surface area contributed by atoms with E-state index >= 15 is 0 Å². The van der Waals surface area contributed by atoms with Gasteiger partial charge in [-0.15, -0.1) is 0 Å². The van der Waals surface area contributed by atoms with Gasteiger partial charge in [-0.25, -0.2) is 9.18 Å². The van der Waals surface area contributed by atoms with Gasteiger partial charge in [-0.05, 0) is 49.2 Å². The monoisotopic (exact) mass is 411 g/mol. The largest absolute Gasteiger partial charge is 0.444 e. The molecule has 0 aliphatic rings. The van der Waals surface area contributed by atoms with Crippen LogP contribution in [-0.4, -0.2) is 11.9 Å². The summed E-state index contributed by atoms with van der Waals surface area (Å²) in [6.45, 7) is 3.77. The zero-order valence-corrected chi connectivity index (χ0v) is 16.7. The van der Waals surface area contributed by atoms with E-state index in [0.717, 1.165) is 17.2 Å². The molecule has 3 aromatic rings. The molecule has 0 saturated heterocycles. The Bertz CT molecular complexity index is 1050. The highest BCUT2D eigenvalue weighted by atomic mass is 35.5. The van der Waals surface area contributed by atoms with Crippen LogP contribution in [0.1, 0.15) is 33.2 Å². The quantitative estimate of drug-likeness (QED) is 0.553. The number of halogens is 2. The van der Waals surface area contributed by atoms with E-state index in [9.17, 15) is 14.0 Å². The molecular weight excluding hydrogens is 393 g/mol. The summed E-state index contributed by atoms with van der Waals surface area (Å²) in [6.07, 6.45) is -1.25. The Morgan fingerprint density at radius 1 is 1.00 bits per heavy atom. The first-order chi connectivity index (χ1) is 13.8. The van der Waals surface area contributed by atoms with Crippen LogP contribution in [0.15, 0.2) is 66.7 Å². The van der Waals surface area contributed by atoms with Crippen LogP contribution < -0.4 is 5.32 Å². The van der Waals surface area contributed by atoms with E-state index in [1.165, 1.54) is 12.1 Å². The molecule has 0 bridgehead atoms. The van der Waals surface area contributed by atoms with Crippen molar-refractivity contribution in [3.05, 3.63) is 99.8 Å². The minimum atomic E-state index is -1.25. The third-order valence-corrected chi connectivity index (χ3v) is 4.60. The summed E-state index contributed by atoms with van der Waals surface area (Å²) < 4.78 is 19.5. The van der Waals surface area contributed by atoms with Gasteiger partial charge in [0.1, 0.15) is 5.82 Å². The molecule has 1 unspecified atom stereocenters. The van der Waals surface area contributed by atoms with Gasteiger partial charge >= 0.3 is 5.97 Å². The number of ether oxygens (including phenoxy) is 1. The average molecular weight is 412 g/mol. The Balaban J connectivity index is 1.89. The number of esters is 1. The third kappa shape index (κ3) is 5.00. The molecule has 1 N–H and O–H groups in total. The van der Waals surface area contributed by atoms with E-state index < -0.39 is 23.8 Å². The number of hydrogen-bond donors (Lipinski definition) is 1. The van der Waals surface area contributed by atoms with Crippen molar-refractivity contribution < 1.29 is 18.7 Å². The minimum Gasteiger partial charge on any atom is -0.444 e. The predicted octanol–water partition coefficient (Wildman–Crippen LogP) is 5.63. The van der Waals surface area contributed by atoms with Crippen LogP contribution in [0.3, 0.4) is 0 Å². The van der Waals surface area contributed by atoms with Crippen LogP contribution in [0.5, 0.6) is 0 Å². The summed E-state index contributed by atoms with van der Waals surface area (Å²) in [5.74, 6) is -2.30. The maximum absolute atomic E-state index is 14.1. The van der Waals surface area contributed by atoms with Crippen LogP contribution in [-0.2, 0) is 9.53 Å². The fourth-order valence-electron chi connectivity index (χ4n) is 2.80. The highest BCUT2D eigenvalue weighted by molar-refractivity contribution is 6.30. The maximum Gasteiger partial charge on any atom is 0.342 e. The van der Waals surface area contributed by atoms with E-state index in [1.807, 2.05) is 32.0 Å². The van der Waals surface area contributed by atoms with Crippen molar-refractivity contribution >= 4 is 29.2 Å². The summed E-state index contributed by atoms with van der Waals surface area (Å²) in [5, 5.41) is 2.96. The Kier molecular flexibility index (Phi) is 6.29. The number of rotatable bonds is 5. The van der Waals surface area contributed by atoms with Gasteiger partial charge in [-0.1, -0.05) is 54.1 Å².